The van der Waals surface area contributed by atoms with E-state index in [9.17, 15) is 9.59 Å². The maximum absolute atomic E-state index is 13.5. The number of para-hydroxylation sites is 2. The zero-order chi connectivity index (χ0) is 23.8. The Morgan fingerprint density at radius 3 is 2.47 bits per heavy atom. The van der Waals surface area contributed by atoms with Gasteiger partial charge in [-0.1, -0.05) is 66.8 Å². The van der Waals surface area contributed by atoms with Gasteiger partial charge in [0.1, 0.15) is 6.04 Å². The molecule has 176 valence electrons. The Morgan fingerprint density at radius 1 is 0.971 bits per heavy atom. The van der Waals surface area contributed by atoms with E-state index in [0.29, 0.717) is 25.2 Å². The third kappa shape index (κ3) is 6.02. The number of nitrogens with zero attached hydrogens (tertiary/aromatic N) is 1. The SMILES string of the molecule is CC1=C(C(=O)NC(Cc2ccccc2)C(=O)Nc2ccccc2N2CCOCC2)C=CCC=C1. The van der Waals surface area contributed by atoms with Gasteiger partial charge in [-0.3, -0.25) is 9.59 Å². The molecular formula is C28H31N3O3. The van der Waals surface area contributed by atoms with E-state index in [0.717, 1.165) is 42.0 Å². The largest absolute Gasteiger partial charge is 0.378 e. The summed E-state index contributed by atoms with van der Waals surface area (Å²) in [5.74, 6) is -0.498. The smallest absolute Gasteiger partial charge is 0.252 e. The summed E-state index contributed by atoms with van der Waals surface area (Å²) in [5, 5.41) is 6.06. The van der Waals surface area contributed by atoms with Crippen LogP contribution in [0.1, 0.15) is 18.9 Å². The number of allylic oxidation sites excluding steroid dienone is 4. The Labute approximate surface area is 201 Å². The highest BCUT2D eigenvalue weighted by molar-refractivity contribution is 6.03. The quantitative estimate of drug-likeness (QED) is 0.659. The van der Waals surface area contributed by atoms with Gasteiger partial charge in [-0.25, -0.2) is 0 Å². The van der Waals surface area contributed by atoms with E-state index in [-0.39, 0.29) is 11.8 Å². The lowest BCUT2D eigenvalue weighted by Gasteiger charge is -2.31. The summed E-state index contributed by atoms with van der Waals surface area (Å²) in [6.07, 6.45) is 8.91. The summed E-state index contributed by atoms with van der Waals surface area (Å²) >= 11 is 0. The monoisotopic (exact) mass is 457 g/mol. The molecule has 1 saturated heterocycles. The fourth-order valence-electron chi connectivity index (χ4n) is 4.16. The molecule has 6 heteroatoms. The molecule has 1 heterocycles. The normalized spacial score (nSPS) is 16.7. The van der Waals surface area contributed by atoms with E-state index in [4.69, 9.17) is 4.74 Å². The molecule has 0 radical (unpaired) electrons. The highest BCUT2D eigenvalue weighted by Gasteiger charge is 2.25. The van der Waals surface area contributed by atoms with Gasteiger partial charge in [0.15, 0.2) is 0 Å². The molecule has 2 aromatic rings. The molecule has 2 aromatic carbocycles. The van der Waals surface area contributed by atoms with Crippen molar-refractivity contribution in [2.45, 2.75) is 25.8 Å². The minimum atomic E-state index is -0.728. The number of rotatable bonds is 7. The van der Waals surface area contributed by atoms with Gasteiger partial charge in [0.05, 0.1) is 24.6 Å². The van der Waals surface area contributed by atoms with Crippen LogP contribution in [0.15, 0.2) is 90.0 Å². The number of benzene rings is 2. The summed E-state index contributed by atoms with van der Waals surface area (Å²) < 4.78 is 5.47. The number of anilines is 2. The van der Waals surface area contributed by atoms with E-state index in [1.54, 1.807) is 0 Å². The van der Waals surface area contributed by atoms with Gasteiger partial charge in [-0.05, 0) is 36.6 Å². The van der Waals surface area contributed by atoms with Crippen molar-refractivity contribution in [1.29, 1.82) is 0 Å². The van der Waals surface area contributed by atoms with Gasteiger partial charge in [0.2, 0.25) is 5.91 Å². The Hall–Kier alpha value is -3.64. The van der Waals surface area contributed by atoms with E-state index in [2.05, 4.69) is 15.5 Å². The van der Waals surface area contributed by atoms with Crippen LogP contribution in [0.25, 0.3) is 0 Å². The van der Waals surface area contributed by atoms with Crippen molar-refractivity contribution in [3.8, 4) is 0 Å². The number of hydrogen-bond donors (Lipinski definition) is 2. The predicted molar refractivity (Wildman–Crippen MR) is 136 cm³/mol. The summed E-state index contributed by atoms with van der Waals surface area (Å²) in [5.41, 5.74) is 4.12. The number of carbonyl (C=O) groups excluding carboxylic acids is 2. The van der Waals surface area contributed by atoms with Crippen molar-refractivity contribution in [1.82, 2.24) is 5.32 Å². The molecule has 1 aliphatic heterocycles. The van der Waals surface area contributed by atoms with Crippen molar-refractivity contribution >= 4 is 23.2 Å². The minimum absolute atomic E-state index is 0.246. The third-order valence-electron chi connectivity index (χ3n) is 6.01. The molecule has 0 aromatic heterocycles. The number of amides is 2. The highest BCUT2D eigenvalue weighted by Crippen LogP contribution is 2.26. The molecule has 2 aliphatic rings. The molecule has 6 nitrogen and oxygen atoms in total. The standard InChI is InChI=1S/C28H31N3O3/c1-21-10-4-2-7-13-23(21)27(32)30-25(20-22-11-5-3-6-12-22)28(33)29-24-14-8-9-15-26(24)31-16-18-34-19-17-31/h3-15,25H,2,16-20H2,1H3,(H,29,33)(H,30,32). The van der Waals surface area contributed by atoms with Crippen molar-refractivity contribution < 1.29 is 14.3 Å². The van der Waals surface area contributed by atoms with Gasteiger partial charge >= 0.3 is 0 Å². The van der Waals surface area contributed by atoms with Crippen molar-refractivity contribution in [3.63, 3.8) is 0 Å². The van der Waals surface area contributed by atoms with Crippen LogP contribution in [0.2, 0.25) is 0 Å². The summed E-state index contributed by atoms with van der Waals surface area (Å²) in [6.45, 7) is 4.76. The van der Waals surface area contributed by atoms with Gasteiger partial charge in [-0.15, -0.1) is 0 Å². The fourth-order valence-corrected chi connectivity index (χ4v) is 4.16. The number of ether oxygens (including phenoxy) is 1. The second-order valence-corrected chi connectivity index (χ2v) is 8.46. The summed E-state index contributed by atoms with van der Waals surface area (Å²) in [6, 6.07) is 16.8. The van der Waals surface area contributed by atoms with Crippen LogP contribution in [0.5, 0.6) is 0 Å². The molecule has 1 atom stereocenters. The van der Waals surface area contributed by atoms with Crippen LogP contribution in [0.3, 0.4) is 0 Å². The Morgan fingerprint density at radius 2 is 1.68 bits per heavy atom. The molecule has 1 aliphatic carbocycles. The minimum Gasteiger partial charge on any atom is -0.378 e. The Balaban J connectivity index is 1.56. The van der Waals surface area contributed by atoms with Crippen LogP contribution in [-0.2, 0) is 20.7 Å². The topological polar surface area (TPSA) is 70.7 Å². The van der Waals surface area contributed by atoms with Crippen LogP contribution >= 0.6 is 0 Å². The van der Waals surface area contributed by atoms with Crippen molar-refractivity contribution in [2.75, 3.05) is 36.5 Å². The van der Waals surface area contributed by atoms with E-state index < -0.39 is 6.04 Å². The first-order valence-corrected chi connectivity index (χ1v) is 11.7. The molecule has 0 bridgehead atoms. The molecule has 2 N–H and O–H groups in total. The zero-order valence-electron chi connectivity index (χ0n) is 19.5. The van der Waals surface area contributed by atoms with Crippen LogP contribution in [0.4, 0.5) is 11.4 Å². The summed E-state index contributed by atoms with van der Waals surface area (Å²) in [7, 11) is 0. The van der Waals surface area contributed by atoms with Gasteiger partial charge in [-0.2, -0.15) is 0 Å². The van der Waals surface area contributed by atoms with E-state index >= 15 is 0 Å². The Bertz CT molecular complexity index is 1100. The summed E-state index contributed by atoms with van der Waals surface area (Å²) in [4.78, 5) is 28.9. The van der Waals surface area contributed by atoms with Crippen LogP contribution in [-0.4, -0.2) is 44.2 Å². The van der Waals surface area contributed by atoms with Crippen molar-refractivity contribution in [2.24, 2.45) is 0 Å². The van der Waals surface area contributed by atoms with E-state index in [1.807, 2.05) is 85.8 Å². The first-order valence-electron chi connectivity index (χ1n) is 11.7. The highest BCUT2D eigenvalue weighted by atomic mass is 16.5. The predicted octanol–water partition coefficient (Wildman–Crippen LogP) is 4.02. The van der Waals surface area contributed by atoms with Crippen LogP contribution < -0.4 is 15.5 Å². The maximum atomic E-state index is 13.5. The molecule has 0 saturated carbocycles. The number of nitrogens with one attached hydrogen (secondary N) is 2. The average molecular weight is 458 g/mol. The molecule has 1 fully saturated rings. The molecular weight excluding hydrogens is 426 g/mol. The molecule has 34 heavy (non-hydrogen) atoms. The van der Waals surface area contributed by atoms with Gasteiger partial charge < -0.3 is 20.3 Å². The number of morpholine rings is 1. The fraction of sp³-hybridized carbons (Fsp3) is 0.286. The number of carbonyl (C=O) groups is 2. The van der Waals surface area contributed by atoms with E-state index in [1.165, 1.54) is 0 Å². The molecule has 0 spiro atoms. The lowest BCUT2D eigenvalue weighted by molar-refractivity contribution is -0.124. The lowest BCUT2D eigenvalue weighted by atomic mass is 10.0. The third-order valence-corrected chi connectivity index (χ3v) is 6.01. The van der Waals surface area contributed by atoms with Crippen molar-refractivity contribution in [3.05, 3.63) is 95.6 Å². The molecule has 2 amide bonds. The zero-order valence-corrected chi connectivity index (χ0v) is 19.5. The lowest BCUT2D eigenvalue weighted by Crippen LogP contribution is -2.46. The first kappa shape index (κ1) is 23.5. The molecule has 4 rings (SSSR count). The number of hydrogen-bond acceptors (Lipinski definition) is 4. The maximum Gasteiger partial charge on any atom is 0.252 e. The van der Waals surface area contributed by atoms with Gasteiger partial charge in [0.25, 0.3) is 5.91 Å². The Kier molecular flexibility index (Phi) is 7.94. The second-order valence-electron chi connectivity index (χ2n) is 8.46. The van der Waals surface area contributed by atoms with Crippen LogP contribution in [0, 0.1) is 0 Å². The van der Waals surface area contributed by atoms with Gasteiger partial charge in [0, 0.05) is 25.1 Å². The first-order chi connectivity index (χ1) is 16.6. The second kappa shape index (κ2) is 11.5. The molecule has 1 unspecified atom stereocenters. The average Bonchev–Trinajstić information content (AvgIpc) is 3.09.